The number of amides is 1. The quantitative estimate of drug-likeness (QED) is 0.162. The van der Waals surface area contributed by atoms with Gasteiger partial charge >= 0.3 is 13.5 Å². The van der Waals surface area contributed by atoms with Gasteiger partial charge in [-0.15, -0.1) is 0 Å². The highest BCUT2D eigenvalue weighted by Crippen LogP contribution is 2.58. The van der Waals surface area contributed by atoms with Crippen LogP contribution in [0.2, 0.25) is 0 Å². The fourth-order valence-corrected chi connectivity index (χ4v) is 7.77. The number of nitrogens with zero attached hydrogens (tertiary/aromatic N) is 5. The molecule has 2 unspecified atom stereocenters. The molecule has 22 heteroatoms. The van der Waals surface area contributed by atoms with Crippen LogP contribution in [-0.2, 0) is 43.9 Å². The number of hydrogen-bond donors (Lipinski definition) is 6. The van der Waals surface area contributed by atoms with Gasteiger partial charge in [0.15, 0.2) is 11.5 Å². The molecule has 3 fully saturated rings. The highest BCUT2D eigenvalue weighted by atomic mass is 32.7. The summed E-state index contributed by atoms with van der Waals surface area (Å²) in [6, 6.07) is 1.29. The van der Waals surface area contributed by atoms with E-state index in [0.29, 0.717) is 11.2 Å². The van der Waals surface area contributed by atoms with E-state index in [1.54, 1.807) is 4.57 Å². The summed E-state index contributed by atoms with van der Waals surface area (Å²) in [6.45, 7) is -8.87. The predicted octanol–water partition coefficient (Wildman–Crippen LogP) is 0.0909. The molecule has 3 aromatic heterocycles. The highest BCUT2D eigenvalue weighted by molar-refractivity contribution is 8.44. The molecular formula is C19H24N8O10P2S2. The molecule has 41 heavy (non-hydrogen) atoms. The van der Waals surface area contributed by atoms with Gasteiger partial charge in [-0.2, -0.15) is 5.10 Å². The van der Waals surface area contributed by atoms with Crippen molar-refractivity contribution >= 4 is 60.5 Å². The van der Waals surface area contributed by atoms with Gasteiger partial charge in [-0.1, -0.05) is 12.2 Å². The molecule has 3 aliphatic rings. The predicted molar refractivity (Wildman–Crippen MR) is 144 cm³/mol. The Morgan fingerprint density at radius 3 is 2.71 bits per heavy atom. The number of rotatable bonds is 3. The van der Waals surface area contributed by atoms with E-state index >= 15 is 0 Å². The largest absolute Gasteiger partial charge is 0.387 e. The van der Waals surface area contributed by atoms with E-state index in [4.69, 9.17) is 50.8 Å². The Hall–Kier alpha value is -2.06. The summed E-state index contributed by atoms with van der Waals surface area (Å²) in [5.41, 5.74) is 12.0. The number of aromatic nitrogens is 6. The maximum absolute atomic E-state index is 13.3. The number of hydrogen-bond acceptors (Lipinski definition) is 15. The van der Waals surface area contributed by atoms with Gasteiger partial charge in [0.05, 0.1) is 31.3 Å². The van der Waals surface area contributed by atoms with Crippen LogP contribution >= 0.6 is 25.8 Å². The number of aromatic amines is 1. The van der Waals surface area contributed by atoms with Crippen molar-refractivity contribution in [1.82, 2.24) is 29.7 Å². The van der Waals surface area contributed by atoms with E-state index in [1.165, 1.54) is 18.7 Å². The Morgan fingerprint density at radius 1 is 1.17 bits per heavy atom. The lowest BCUT2D eigenvalue weighted by Gasteiger charge is -2.29. The number of aliphatic hydroxyl groups excluding tert-OH is 1. The molecule has 6 heterocycles. The van der Waals surface area contributed by atoms with Crippen molar-refractivity contribution in [3.63, 3.8) is 0 Å². The molecule has 0 aliphatic carbocycles. The Bertz CT molecular complexity index is 1580. The fourth-order valence-electron chi connectivity index (χ4n) is 4.80. The minimum Gasteiger partial charge on any atom is -0.387 e. The second kappa shape index (κ2) is 10.9. The number of carbonyl (C=O) groups is 1. The van der Waals surface area contributed by atoms with Crippen LogP contribution in [0.4, 0.5) is 5.82 Å². The van der Waals surface area contributed by atoms with Crippen molar-refractivity contribution in [2.45, 2.75) is 49.3 Å². The van der Waals surface area contributed by atoms with E-state index in [9.17, 15) is 19.4 Å². The number of fused-ring (bicyclic) bond motifs is 3. The molecule has 6 rings (SSSR count). The zero-order chi connectivity index (χ0) is 29.1. The Kier molecular flexibility index (Phi) is 7.71. The van der Waals surface area contributed by atoms with Gasteiger partial charge in [0.25, 0.3) is 5.91 Å². The molecule has 0 radical (unpaired) electrons. The summed E-state index contributed by atoms with van der Waals surface area (Å²) in [6.07, 6.45) is -4.64. The summed E-state index contributed by atoms with van der Waals surface area (Å²) in [7, 11) is 0. The van der Waals surface area contributed by atoms with E-state index < -0.39 is 68.9 Å². The van der Waals surface area contributed by atoms with Gasteiger partial charge in [0.2, 0.25) is 0 Å². The van der Waals surface area contributed by atoms with Crippen molar-refractivity contribution in [2.24, 2.45) is 5.73 Å². The Morgan fingerprint density at radius 2 is 1.95 bits per heavy atom. The second-order valence-corrected chi connectivity index (χ2v) is 15.0. The number of nitrogens with two attached hydrogens (primary N) is 2. The maximum Gasteiger partial charge on any atom is 0.386 e. The first-order chi connectivity index (χ1) is 19.4. The zero-order valence-corrected chi connectivity index (χ0v) is 24.2. The van der Waals surface area contributed by atoms with Crippen LogP contribution in [0.25, 0.3) is 11.2 Å². The van der Waals surface area contributed by atoms with Gasteiger partial charge in [-0.25, -0.2) is 19.5 Å². The van der Waals surface area contributed by atoms with Crippen LogP contribution < -0.4 is 11.5 Å². The second-order valence-electron chi connectivity index (χ2n) is 9.35. The number of primary amides is 1. The van der Waals surface area contributed by atoms with Crippen molar-refractivity contribution in [1.29, 1.82) is 0 Å². The maximum atomic E-state index is 13.3. The van der Waals surface area contributed by atoms with Crippen molar-refractivity contribution in [3.8, 4) is 0 Å². The summed E-state index contributed by atoms with van der Waals surface area (Å²) >= 11 is 9.32. The average Bonchev–Trinajstić information content (AvgIpc) is 3.68. The lowest BCUT2D eigenvalue weighted by Crippen LogP contribution is -2.36. The molecule has 3 aliphatic heterocycles. The first kappa shape index (κ1) is 29.0. The van der Waals surface area contributed by atoms with Crippen LogP contribution in [-0.4, -0.2) is 89.4 Å². The van der Waals surface area contributed by atoms with E-state index in [-0.39, 0.29) is 30.2 Å². The van der Waals surface area contributed by atoms with Crippen molar-refractivity contribution in [3.05, 3.63) is 30.1 Å². The SMILES string of the molecule is NC(=O)c1cc([C@@H]2O[C@@H]3COP(O)(=S)O[C@H]4C[C@H](n5cnc6c(N)ncnc65)O[C@@H]4COP(=O)(S)O[C@H]3[C@H]2O)[nH]n1. The number of thiol groups is 1. The first-order valence-corrected chi connectivity index (χ1v) is 17.3. The molecule has 222 valence electrons. The topological polar surface area (TPSA) is 254 Å². The lowest BCUT2D eigenvalue weighted by molar-refractivity contribution is -0.0502. The van der Waals surface area contributed by atoms with Crippen LogP contribution in [0.5, 0.6) is 0 Å². The third-order valence-electron chi connectivity index (χ3n) is 6.70. The molecule has 0 bridgehead atoms. The molecule has 9 atom stereocenters. The zero-order valence-electron chi connectivity index (χ0n) is 20.7. The average molecular weight is 651 g/mol. The van der Waals surface area contributed by atoms with Crippen molar-refractivity contribution < 1.29 is 46.9 Å². The van der Waals surface area contributed by atoms with E-state index in [2.05, 4.69) is 37.4 Å². The minimum atomic E-state index is -4.15. The Labute approximate surface area is 240 Å². The van der Waals surface area contributed by atoms with Crippen LogP contribution in [0, 0.1) is 0 Å². The van der Waals surface area contributed by atoms with Crippen LogP contribution in [0.15, 0.2) is 18.7 Å². The number of nitrogen functional groups attached to an aromatic ring is 1. The normalized spacial score (nSPS) is 38.2. The summed E-state index contributed by atoms with van der Waals surface area (Å²) in [5, 5.41) is 17.3. The highest BCUT2D eigenvalue weighted by Gasteiger charge is 2.51. The number of nitrogens with one attached hydrogen (secondary N) is 1. The number of ether oxygens (including phenoxy) is 2. The molecule has 1 amide bonds. The van der Waals surface area contributed by atoms with Crippen LogP contribution in [0.1, 0.15) is 34.9 Å². The van der Waals surface area contributed by atoms with Gasteiger partial charge in [-0.3, -0.25) is 23.5 Å². The summed E-state index contributed by atoms with van der Waals surface area (Å²) in [5.74, 6) is -0.616. The standard InChI is InChI=1S/C19H24N8O10P2S2/c20-17-13-19(23-5-22-17)27(6-24-13)12-2-9-10(34-12)3-32-39(31,41)37-16-11(4-33-38(30,40)36-9)35-15(14(16)28)7-1-8(18(21)29)26-25-7/h1,5-6,9-12,14-16,28H,2-4H2,(H2,21,29)(H,25,26)(H,30,40)(H,31,41)(H2,20,22,23)/t9-,10+,11+,12+,14-,15-,16+,38?,39?/m0/s1. The minimum absolute atomic E-state index is 0.0919. The molecule has 18 nitrogen and oxygen atoms in total. The van der Waals surface area contributed by atoms with Crippen molar-refractivity contribution in [2.75, 3.05) is 18.9 Å². The van der Waals surface area contributed by atoms with Gasteiger partial charge in [0.1, 0.15) is 54.3 Å². The molecule has 0 spiro atoms. The van der Waals surface area contributed by atoms with Gasteiger partial charge in [-0.05, 0) is 17.9 Å². The number of carbonyl (C=O) groups excluding carboxylic acids is 1. The molecule has 7 N–H and O–H groups in total. The smallest absolute Gasteiger partial charge is 0.386 e. The number of anilines is 1. The lowest BCUT2D eigenvalue weighted by atomic mass is 10.1. The summed E-state index contributed by atoms with van der Waals surface area (Å²) in [4.78, 5) is 34.7. The van der Waals surface area contributed by atoms with Gasteiger partial charge < -0.3 is 40.0 Å². The van der Waals surface area contributed by atoms with Gasteiger partial charge in [0, 0.05) is 6.42 Å². The number of H-pyrrole nitrogens is 1. The molecule has 3 aromatic rings. The third-order valence-corrected chi connectivity index (χ3v) is 9.90. The third kappa shape index (κ3) is 5.80. The monoisotopic (exact) mass is 650 g/mol. The molecule has 0 saturated carbocycles. The summed E-state index contributed by atoms with van der Waals surface area (Å²) < 4.78 is 49.3. The molecule has 3 saturated heterocycles. The number of aliphatic hydroxyl groups is 1. The molecule has 0 aromatic carbocycles. The van der Waals surface area contributed by atoms with E-state index in [1.807, 2.05) is 0 Å². The van der Waals surface area contributed by atoms with E-state index in [0.717, 1.165) is 0 Å². The fraction of sp³-hybridized carbons (Fsp3) is 0.526. The number of imidazole rings is 1. The van der Waals surface area contributed by atoms with Crippen LogP contribution in [0.3, 0.4) is 0 Å². The molecular weight excluding hydrogens is 626 g/mol. The first-order valence-electron chi connectivity index (χ1n) is 12.0. The Balaban J connectivity index is 1.24.